The number of hydrogen-bond acceptors (Lipinski definition) is 5. The van der Waals surface area contributed by atoms with Crippen LogP contribution in [0.25, 0.3) is 0 Å². The van der Waals surface area contributed by atoms with Crippen molar-refractivity contribution in [2.24, 2.45) is 0 Å². The molecule has 6 heteroatoms. The van der Waals surface area contributed by atoms with Crippen LogP contribution in [0.4, 0.5) is 11.5 Å². The van der Waals surface area contributed by atoms with Crippen LogP contribution in [0.2, 0.25) is 5.15 Å². The first-order chi connectivity index (χ1) is 7.16. The molecule has 0 unspecified atom stereocenters. The number of nitrogens with zero attached hydrogens (tertiary/aromatic N) is 2. The average Bonchev–Trinajstić information content (AvgIpc) is 2.66. The topological polar surface area (TPSA) is 73.1 Å². The van der Waals surface area contributed by atoms with Gasteiger partial charge in [-0.15, -0.1) is 0 Å². The Bertz CT molecular complexity index is 365. The van der Waals surface area contributed by atoms with Crippen LogP contribution < -0.4 is 11.1 Å². The van der Waals surface area contributed by atoms with Gasteiger partial charge in [0.05, 0.1) is 12.6 Å². The number of nitrogen functional groups attached to an aromatic ring is 1. The predicted octanol–water partition coefficient (Wildman–Crippen LogP) is 1.22. The molecule has 0 bridgehead atoms. The number of nitrogens with two attached hydrogens (primary N) is 1. The third kappa shape index (κ3) is 2.30. The van der Waals surface area contributed by atoms with Crippen molar-refractivity contribution >= 4 is 23.1 Å². The Balaban J connectivity index is 2.19. The Morgan fingerprint density at radius 2 is 2.33 bits per heavy atom. The first-order valence-electron chi connectivity index (χ1n) is 4.80. The summed E-state index contributed by atoms with van der Waals surface area (Å²) in [6.07, 6.45) is 0.958. The molecule has 1 aromatic rings. The van der Waals surface area contributed by atoms with Crippen LogP contribution >= 0.6 is 11.6 Å². The highest BCUT2D eigenvalue weighted by Gasteiger charge is 2.18. The Morgan fingerprint density at radius 1 is 1.53 bits per heavy atom. The summed E-state index contributed by atoms with van der Waals surface area (Å²) in [7, 11) is 0. The number of ether oxygens (including phenoxy) is 1. The monoisotopic (exact) mass is 228 g/mol. The van der Waals surface area contributed by atoms with E-state index in [0.717, 1.165) is 13.0 Å². The van der Waals surface area contributed by atoms with Crippen LogP contribution in [0.5, 0.6) is 0 Å². The zero-order chi connectivity index (χ0) is 10.8. The van der Waals surface area contributed by atoms with Gasteiger partial charge in [-0.2, -0.15) is 0 Å². The van der Waals surface area contributed by atoms with Crippen molar-refractivity contribution in [3.63, 3.8) is 0 Å². The number of rotatable bonds is 2. The lowest BCUT2D eigenvalue weighted by atomic mass is 10.2. The molecule has 0 aromatic carbocycles. The molecule has 15 heavy (non-hydrogen) atoms. The highest BCUT2D eigenvalue weighted by atomic mass is 35.5. The van der Waals surface area contributed by atoms with E-state index in [0.29, 0.717) is 29.1 Å². The van der Waals surface area contributed by atoms with Crippen molar-refractivity contribution < 1.29 is 4.74 Å². The van der Waals surface area contributed by atoms with E-state index in [1.165, 1.54) is 0 Å². The van der Waals surface area contributed by atoms with Crippen LogP contribution in [0, 0.1) is 6.92 Å². The summed E-state index contributed by atoms with van der Waals surface area (Å²) in [5.41, 5.74) is 6.17. The van der Waals surface area contributed by atoms with Gasteiger partial charge in [-0.1, -0.05) is 11.6 Å². The quantitative estimate of drug-likeness (QED) is 0.745. The molecule has 1 aromatic heterocycles. The Kier molecular flexibility index (Phi) is 2.93. The van der Waals surface area contributed by atoms with Crippen LogP contribution in [0.15, 0.2) is 0 Å². The second-order valence-corrected chi connectivity index (χ2v) is 3.89. The summed E-state index contributed by atoms with van der Waals surface area (Å²) in [5, 5.41) is 3.50. The Labute approximate surface area is 93.0 Å². The van der Waals surface area contributed by atoms with Gasteiger partial charge in [0, 0.05) is 6.61 Å². The lowest BCUT2D eigenvalue weighted by molar-refractivity contribution is 0.195. The number of hydrogen-bond donors (Lipinski definition) is 2. The van der Waals surface area contributed by atoms with Gasteiger partial charge in [0.25, 0.3) is 0 Å². The maximum Gasteiger partial charge on any atom is 0.157 e. The molecule has 0 saturated carbocycles. The summed E-state index contributed by atoms with van der Waals surface area (Å²) in [6.45, 7) is 3.23. The molecule has 2 rings (SSSR count). The van der Waals surface area contributed by atoms with Crippen molar-refractivity contribution in [1.82, 2.24) is 9.97 Å². The fraction of sp³-hybridized carbons (Fsp3) is 0.556. The number of anilines is 2. The average molecular weight is 229 g/mol. The van der Waals surface area contributed by atoms with Gasteiger partial charge < -0.3 is 15.8 Å². The minimum absolute atomic E-state index is 0.262. The molecule has 1 atom stereocenters. The van der Waals surface area contributed by atoms with Crippen molar-refractivity contribution in [3.05, 3.63) is 11.0 Å². The molecule has 3 N–H and O–H groups in total. The molecule has 0 aliphatic carbocycles. The summed E-state index contributed by atoms with van der Waals surface area (Å²) >= 11 is 5.86. The van der Waals surface area contributed by atoms with Crippen molar-refractivity contribution in [2.75, 3.05) is 24.3 Å². The van der Waals surface area contributed by atoms with Crippen LogP contribution in [0.3, 0.4) is 0 Å². The second-order valence-electron chi connectivity index (χ2n) is 3.53. The summed E-state index contributed by atoms with van der Waals surface area (Å²) in [4.78, 5) is 8.18. The van der Waals surface area contributed by atoms with E-state index in [1.54, 1.807) is 6.92 Å². The normalized spacial score (nSPS) is 20.5. The number of aryl methyl sites for hydroxylation is 1. The fourth-order valence-electron chi connectivity index (χ4n) is 1.50. The highest BCUT2D eigenvalue weighted by Crippen LogP contribution is 2.25. The van der Waals surface area contributed by atoms with Crippen molar-refractivity contribution in [2.45, 2.75) is 19.4 Å². The van der Waals surface area contributed by atoms with E-state index >= 15 is 0 Å². The largest absolute Gasteiger partial charge is 0.393 e. The summed E-state index contributed by atoms with van der Waals surface area (Å²) < 4.78 is 5.25. The molecule has 1 aliphatic heterocycles. The fourth-order valence-corrected chi connectivity index (χ4v) is 1.71. The summed E-state index contributed by atoms with van der Waals surface area (Å²) in [6, 6.07) is 0.262. The minimum atomic E-state index is 0.262. The molecule has 0 amide bonds. The van der Waals surface area contributed by atoms with Gasteiger partial charge in [0.15, 0.2) is 11.0 Å². The third-order valence-corrected chi connectivity index (χ3v) is 2.57. The van der Waals surface area contributed by atoms with Crippen molar-refractivity contribution in [1.29, 1.82) is 0 Å². The SMILES string of the molecule is Cc1nc(Cl)c(N)c(N[C@@H]2CCOC2)n1. The minimum Gasteiger partial charge on any atom is -0.393 e. The van der Waals surface area contributed by atoms with Crippen LogP contribution in [0.1, 0.15) is 12.2 Å². The van der Waals surface area contributed by atoms with Gasteiger partial charge in [0.1, 0.15) is 11.5 Å². The smallest absolute Gasteiger partial charge is 0.157 e. The van der Waals surface area contributed by atoms with Gasteiger partial charge in [-0.25, -0.2) is 9.97 Å². The molecule has 1 fully saturated rings. The lowest BCUT2D eigenvalue weighted by Crippen LogP contribution is -2.21. The maximum atomic E-state index is 5.86. The second kappa shape index (κ2) is 4.20. The Morgan fingerprint density at radius 3 is 3.00 bits per heavy atom. The van der Waals surface area contributed by atoms with Crippen LogP contribution in [-0.4, -0.2) is 29.2 Å². The summed E-state index contributed by atoms with van der Waals surface area (Å²) in [5.74, 6) is 1.21. The van der Waals surface area contributed by atoms with E-state index in [2.05, 4.69) is 15.3 Å². The zero-order valence-electron chi connectivity index (χ0n) is 8.46. The van der Waals surface area contributed by atoms with Gasteiger partial charge in [-0.05, 0) is 13.3 Å². The standard InChI is InChI=1S/C9H13ClN4O/c1-5-12-8(10)7(11)9(13-5)14-6-2-3-15-4-6/h6H,2-4,11H2,1H3,(H,12,13,14)/t6-/m1/s1. The van der Waals surface area contributed by atoms with Crippen LogP contribution in [-0.2, 0) is 4.74 Å². The molecule has 5 nitrogen and oxygen atoms in total. The maximum absolute atomic E-state index is 5.86. The third-order valence-electron chi connectivity index (χ3n) is 2.28. The number of nitrogens with one attached hydrogen (secondary N) is 1. The number of aromatic nitrogens is 2. The highest BCUT2D eigenvalue weighted by molar-refractivity contribution is 6.32. The molecule has 82 valence electrons. The molecule has 0 spiro atoms. The molecular weight excluding hydrogens is 216 g/mol. The molecule has 2 heterocycles. The van der Waals surface area contributed by atoms with E-state index in [4.69, 9.17) is 22.1 Å². The Hall–Kier alpha value is -1.07. The first kappa shape index (κ1) is 10.4. The predicted molar refractivity (Wildman–Crippen MR) is 59.0 cm³/mol. The van der Waals surface area contributed by atoms with E-state index in [9.17, 15) is 0 Å². The van der Waals surface area contributed by atoms with E-state index < -0.39 is 0 Å². The molecule has 0 radical (unpaired) electrons. The number of halogens is 1. The van der Waals surface area contributed by atoms with Gasteiger partial charge in [0.2, 0.25) is 0 Å². The lowest BCUT2D eigenvalue weighted by Gasteiger charge is -2.13. The molecule has 1 saturated heterocycles. The van der Waals surface area contributed by atoms with E-state index in [1.807, 2.05) is 0 Å². The molecule has 1 aliphatic rings. The van der Waals surface area contributed by atoms with Crippen molar-refractivity contribution in [3.8, 4) is 0 Å². The first-order valence-corrected chi connectivity index (χ1v) is 5.18. The van der Waals surface area contributed by atoms with Gasteiger partial charge in [-0.3, -0.25) is 0 Å². The zero-order valence-corrected chi connectivity index (χ0v) is 9.21. The molecular formula is C9H13ClN4O. The van der Waals surface area contributed by atoms with Gasteiger partial charge >= 0.3 is 0 Å². The van der Waals surface area contributed by atoms with E-state index in [-0.39, 0.29) is 6.04 Å².